The number of ether oxygens (including phenoxy) is 2. The van der Waals surface area contributed by atoms with Gasteiger partial charge in [0.25, 0.3) is 0 Å². The Morgan fingerprint density at radius 1 is 0.938 bits per heavy atom. The van der Waals surface area contributed by atoms with Gasteiger partial charge in [-0.3, -0.25) is 0 Å². The maximum absolute atomic E-state index is 16.8. The molecule has 2 aliphatic heterocycles. The molecule has 2 aliphatic rings. The quantitative estimate of drug-likeness (QED) is 0.183. The van der Waals surface area contributed by atoms with Gasteiger partial charge in [0.05, 0.1) is 42.1 Å². The second kappa shape index (κ2) is 12.0. The van der Waals surface area contributed by atoms with Crippen LogP contribution in [0.1, 0.15) is 27.8 Å². The van der Waals surface area contributed by atoms with Crippen LogP contribution in [0.2, 0.25) is 0 Å². The Bertz CT molecular complexity index is 2030. The van der Waals surface area contributed by atoms with Crippen LogP contribution in [0, 0.1) is 12.7 Å². The number of aryl methyl sites for hydroxylation is 1. The molecule has 0 unspecified atom stereocenters. The fourth-order valence-electron chi connectivity index (χ4n) is 6.73. The van der Waals surface area contributed by atoms with Crippen molar-refractivity contribution in [1.82, 2.24) is 15.0 Å². The number of aromatic amines is 1. The molecule has 0 saturated heterocycles. The molecule has 248 valence electrons. The van der Waals surface area contributed by atoms with Crippen molar-refractivity contribution < 1.29 is 27.0 Å². The molecule has 0 spiro atoms. The molecule has 0 fully saturated rings. The van der Waals surface area contributed by atoms with E-state index in [1.54, 1.807) is 14.2 Å². The molecule has 3 aromatic carbocycles. The van der Waals surface area contributed by atoms with Gasteiger partial charge in [0.1, 0.15) is 23.1 Å². The number of aromatic nitrogens is 3. The van der Waals surface area contributed by atoms with E-state index in [4.69, 9.17) is 9.47 Å². The number of H-pyrrole nitrogens is 1. The fourth-order valence-corrected chi connectivity index (χ4v) is 6.73. The number of hydrogen-bond acceptors (Lipinski definition) is 8. The zero-order chi connectivity index (χ0) is 33.7. The molecule has 0 atom stereocenters. The topological polar surface area (TPSA) is 95.6 Å². The number of nitrogens with zero attached hydrogens (tertiary/aromatic N) is 4. The van der Waals surface area contributed by atoms with Gasteiger partial charge in [-0.25, -0.2) is 14.2 Å². The summed E-state index contributed by atoms with van der Waals surface area (Å²) in [5.41, 5.74) is -0.215. The van der Waals surface area contributed by atoms with Crippen molar-refractivity contribution >= 4 is 28.2 Å². The number of rotatable bonds is 8. The number of halogens is 4. The number of anilines is 3. The van der Waals surface area contributed by atoms with Crippen molar-refractivity contribution in [2.45, 2.75) is 32.6 Å². The minimum Gasteiger partial charge on any atom is -0.497 e. The van der Waals surface area contributed by atoms with Crippen molar-refractivity contribution in [2.75, 3.05) is 49.0 Å². The van der Waals surface area contributed by atoms with E-state index in [-0.39, 0.29) is 41.4 Å². The van der Waals surface area contributed by atoms with Crippen LogP contribution in [0.5, 0.6) is 11.5 Å². The highest BCUT2D eigenvalue weighted by molar-refractivity contribution is 6.06. The zero-order valence-electron chi connectivity index (χ0n) is 26.5. The van der Waals surface area contributed by atoms with Gasteiger partial charge in [-0.1, -0.05) is 24.3 Å². The first-order chi connectivity index (χ1) is 23.0. The van der Waals surface area contributed by atoms with Crippen molar-refractivity contribution in [2.24, 2.45) is 0 Å². The Hall–Kier alpha value is -5.33. The van der Waals surface area contributed by atoms with Crippen LogP contribution in [0.25, 0.3) is 22.2 Å². The first-order valence-corrected chi connectivity index (χ1v) is 15.4. The lowest BCUT2D eigenvalue weighted by Crippen LogP contribution is -2.25. The number of hydrogen-bond donors (Lipinski definition) is 2. The van der Waals surface area contributed by atoms with Gasteiger partial charge in [-0.05, 0) is 65.9 Å². The minimum atomic E-state index is -4.85. The van der Waals surface area contributed by atoms with Gasteiger partial charge in [0.15, 0.2) is 5.82 Å². The largest absolute Gasteiger partial charge is 0.497 e. The maximum Gasteiger partial charge on any atom is 0.418 e. The van der Waals surface area contributed by atoms with Gasteiger partial charge in [-0.15, -0.1) is 0 Å². The molecule has 9 nitrogen and oxygen atoms in total. The first kappa shape index (κ1) is 31.3. The standard InChI is InChI=1S/C35H32F4N6O3/c1-19-16-25(45(17-20-4-8-22(47-2)9-5-20)18-21-6-10-23(48-3)11-7-21)41-30(28(19)35(37,38)39)26-24-12-14-44-15-13-40-33-27(32(24)44)31(29(26)36)42-34(46)43-33/h4-11,16H,12-15,17-18H2,1-3H3,(H2,40,42,43,46). The molecule has 5 aromatic rings. The molecule has 2 aromatic heterocycles. The summed E-state index contributed by atoms with van der Waals surface area (Å²) in [5.74, 6) is 0.800. The summed E-state index contributed by atoms with van der Waals surface area (Å²) >= 11 is 0. The molecule has 0 aliphatic carbocycles. The van der Waals surface area contributed by atoms with Crippen LogP contribution in [-0.4, -0.2) is 48.8 Å². The Labute approximate surface area is 273 Å². The predicted molar refractivity (Wildman–Crippen MR) is 176 cm³/mol. The summed E-state index contributed by atoms with van der Waals surface area (Å²) < 4.78 is 72.3. The van der Waals surface area contributed by atoms with E-state index >= 15 is 4.39 Å². The molecule has 0 radical (unpaired) electrons. The predicted octanol–water partition coefficient (Wildman–Crippen LogP) is 6.46. The number of benzene rings is 3. The lowest BCUT2D eigenvalue weighted by molar-refractivity contribution is -0.137. The summed E-state index contributed by atoms with van der Waals surface area (Å²) in [6, 6.07) is 16.1. The molecule has 4 heterocycles. The van der Waals surface area contributed by atoms with Crippen molar-refractivity contribution in [3.05, 3.63) is 98.7 Å². The normalized spacial score (nSPS) is 13.8. The number of nitrogens with one attached hydrogen (secondary N) is 2. The van der Waals surface area contributed by atoms with Crippen LogP contribution in [-0.2, 0) is 25.7 Å². The number of alkyl halides is 3. The van der Waals surface area contributed by atoms with Crippen LogP contribution in [0.15, 0.2) is 59.4 Å². The maximum atomic E-state index is 16.8. The smallest absolute Gasteiger partial charge is 0.418 e. The minimum absolute atomic E-state index is 0.102. The Morgan fingerprint density at radius 3 is 2.15 bits per heavy atom. The van der Waals surface area contributed by atoms with Gasteiger partial charge >= 0.3 is 11.9 Å². The van der Waals surface area contributed by atoms with Gasteiger partial charge in [-0.2, -0.15) is 18.2 Å². The second-order valence-corrected chi connectivity index (χ2v) is 11.9. The summed E-state index contributed by atoms with van der Waals surface area (Å²) in [5, 5.41) is 3.43. The summed E-state index contributed by atoms with van der Waals surface area (Å²) in [6.45, 7) is 3.35. The summed E-state index contributed by atoms with van der Waals surface area (Å²) in [7, 11) is 3.13. The molecule has 48 heavy (non-hydrogen) atoms. The van der Waals surface area contributed by atoms with Crippen molar-refractivity contribution in [3.63, 3.8) is 0 Å². The third kappa shape index (κ3) is 5.52. The van der Waals surface area contributed by atoms with Gasteiger partial charge in [0.2, 0.25) is 0 Å². The number of methoxy groups -OCH3 is 2. The number of pyridine rings is 1. The molecule has 0 saturated carbocycles. The average Bonchev–Trinajstić information content (AvgIpc) is 3.38. The van der Waals surface area contributed by atoms with Crippen molar-refractivity contribution in [3.8, 4) is 22.8 Å². The first-order valence-electron chi connectivity index (χ1n) is 15.4. The molecule has 2 N–H and O–H groups in total. The van der Waals surface area contributed by atoms with E-state index < -0.39 is 28.9 Å². The summed E-state index contributed by atoms with van der Waals surface area (Å²) in [4.78, 5) is 27.5. The molecular weight excluding hydrogens is 628 g/mol. The lowest BCUT2D eigenvalue weighted by Gasteiger charge is -2.27. The highest BCUT2D eigenvalue weighted by Crippen LogP contribution is 2.49. The third-order valence-electron chi connectivity index (χ3n) is 8.93. The SMILES string of the molecule is COc1ccc(CN(Cc2ccc(OC)cc2)c2cc(C)c(C(F)(F)F)c(-c3c4c5c6c(nc(=O)[nH]c6c3F)NCCN5CC4)n2)cc1. The third-order valence-corrected chi connectivity index (χ3v) is 8.93. The van der Waals surface area contributed by atoms with E-state index in [0.29, 0.717) is 54.2 Å². The van der Waals surface area contributed by atoms with E-state index in [1.165, 1.54) is 13.0 Å². The van der Waals surface area contributed by atoms with E-state index in [2.05, 4.69) is 20.3 Å². The Kier molecular flexibility index (Phi) is 7.84. The van der Waals surface area contributed by atoms with E-state index in [0.717, 1.165) is 11.1 Å². The monoisotopic (exact) mass is 660 g/mol. The highest BCUT2D eigenvalue weighted by atomic mass is 19.4. The van der Waals surface area contributed by atoms with Gasteiger partial charge < -0.3 is 29.6 Å². The highest BCUT2D eigenvalue weighted by Gasteiger charge is 2.41. The fraction of sp³-hybridized carbons (Fsp3) is 0.286. The Morgan fingerprint density at radius 2 is 1.56 bits per heavy atom. The molecule has 0 amide bonds. The van der Waals surface area contributed by atoms with Crippen LogP contribution in [0.3, 0.4) is 0 Å². The van der Waals surface area contributed by atoms with Crippen LogP contribution >= 0.6 is 0 Å². The van der Waals surface area contributed by atoms with Crippen LogP contribution in [0.4, 0.5) is 34.9 Å². The summed E-state index contributed by atoms with van der Waals surface area (Å²) in [6.07, 6.45) is -4.54. The lowest BCUT2D eigenvalue weighted by atomic mass is 9.93. The van der Waals surface area contributed by atoms with Gasteiger partial charge in [0, 0.05) is 38.3 Å². The molecule has 13 heteroatoms. The van der Waals surface area contributed by atoms with E-state index in [1.807, 2.05) is 58.3 Å². The van der Waals surface area contributed by atoms with E-state index in [9.17, 15) is 18.0 Å². The Balaban J connectivity index is 1.46. The second-order valence-electron chi connectivity index (χ2n) is 11.9. The average molecular weight is 661 g/mol. The molecule has 0 bridgehead atoms. The molecule has 7 rings (SSSR count). The molecular formula is C35H32F4N6O3. The zero-order valence-corrected chi connectivity index (χ0v) is 26.5. The van der Waals surface area contributed by atoms with Crippen molar-refractivity contribution in [1.29, 1.82) is 0 Å². The van der Waals surface area contributed by atoms with Crippen LogP contribution < -0.4 is 30.3 Å².